The summed E-state index contributed by atoms with van der Waals surface area (Å²) >= 11 is 0. The lowest BCUT2D eigenvalue weighted by molar-refractivity contribution is -0.129. The average Bonchev–Trinajstić information content (AvgIpc) is 3.17. The lowest BCUT2D eigenvalue weighted by atomic mass is 10.1. The molecule has 0 bridgehead atoms. The summed E-state index contributed by atoms with van der Waals surface area (Å²) in [5, 5.41) is 7.14. The highest BCUT2D eigenvalue weighted by Crippen LogP contribution is 2.30. The molecule has 1 aromatic heterocycles. The SMILES string of the molecule is CC(C)n1nccc1NC(=O)[C@H]1CC(=O)N(C2CCCC2)C1. The molecule has 1 N–H and O–H groups in total. The molecule has 1 atom stereocenters. The van der Waals surface area contributed by atoms with E-state index in [-0.39, 0.29) is 23.8 Å². The predicted molar refractivity (Wildman–Crippen MR) is 83.3 cm³/mol. The van der Waals surface area contributed by atoms with E-state index in [4.69, 9.17) is 0 Å². The van der Waals surface area contributed by atoms with Crippen LogP contribution >= 0.6 is 0 Å². The zero-order valence-corrected chi connectivity index (χ0v) is 13.3. The molecule has 22 heavy (non-hydrogen) atoms. The lowest BCUT2D eigenvalue weighted by Gasteiger charge is -2.23. The number of aromatic nitrogens is 2. The molecule has 6 nitrogen and oxygen atoms in total. The number of carbonyl (C=O) groups is 2. The second kappa shape index (κ2) is 6.10. The minimum Gasteiger partial charge on any atom is -0.339 e. The number of nitrogens with one attached hydrogen (secondary N) is 1. The van der Waals surface area contributed by atoms with Gasteiger partial charge < -0.3 is 10.2 Å². The van der Waals surface area contributed by atoms with Gasteiger partial charge in [-0.25, -0.2) is 4.68 Å². The van der Waals surface area contributed by atoms with E-state index in [9.17, 15) is 9.59 Å². The van der Waals surface area contributed by atoms with Crippen LogP contribution in [-0.2, 0) is 9.59 Å². The van der Waals surface area contributed by atoms with Crippen LogP contribution < -0.4 is 5.32 Å². The quantitative estimate of drug-likeness (QED) is 0.927. The second-order valence-electron chi connectivity index (χ2n) is 6.63. The summed E-state index contributed by atoms with van der Waals surface area (Å²) in [6.45, 7) is 4.60. The van der Waals surface area contributed by atoms with Crippen LogP contribution in [-0.4, -0.2) is 39.1 Å². The summed E-state index contributed by atoms with van der Waals surface area (Å²) in [4.78, 5) is 26.6. The first-order valence-corrected chi connectivity index (χ1v) is 8.20. The maximum absolute atomic E-state index is 12.5. The van der Waals surface area contributed by atoms with E-state index in [2.05, 4.69) is 10.4 Å². The highest BCUT2D eigenvalue weighted by molar-refractivity contribution is 5.96. The van der Waals surface area contributed by atoms with Crippen molar-refractivity contribution in [1.29, 1.82) is 0 Å². The van der Waals surface area contributed by atoms with Gasteiger partial charge in [0.1, 0.15) is 5.82 Å². The maximum Gasteiger partial charge on any atom is 0.230 e. The molecular weight excluding hydrogens is 280 g/mol. The molecular formula is C16H24N4O2. The van der Waals surface area contributed by atoms with E-state index in [0.717, 1.165) is 12.8 Å². The van der Waals surface area contributed by atoms with Gasteiger partial charge in [-0.2, -0.15) is 5.10 Å². The number of nitrogens with zero attached hydrogens (tertiary/aromatic N) is 3. The van der Waals surface area contributed by atoms with Crippen LogP contribution in [0.5, 0.6) is 0 Å². The van der Waals surface area contributed by atoms with Crippen LogP contribution in [0.4, 0.5) is 5.82 Å². The Labute approximate surface area is 130 Å². The number of amides is 2. The summed E-state index contributed by atoms with van der Waals surface area (Å²) in [6.07, 6.45) is 6.57. The van der Waals surface area contributed by atoms with Crippen molar-refractivity contribution < 1.29 is 9.59 Å². The number of anilines is 1. The average molecular weight is 304 g/mol. The monoisotopic (exact) mass is 304 g/mol. The van der Waals surface area contributed by atoms with Crippen LogP contribution in [0.2, 0.25) is 0 Å². The summed E-state index contributed by atoms with van der Waals surface area (Å²) in [6, 6.07) is 2.33. The standard InChI is InChI=1S/C16H24N4O2/c1-11(2)20-14(7-8-17-20)18-16(22)12-9-15(21)19(10-12)13-5-3-4-6-13/h7-8,11-13H,3-6,9-10H2,1-2H3,(H,18,22)/t12-/m0/s1. The molecule has 2 amide bonds. The van der Waals surface area contributed by atoms with E-state index in [1.807, 2.05) is 18.7 Å². The normalized spacial score (nSPS) is 22.8. The Morgan fingerprint density at radius 2 is 2.09 bits per heavy atom. The molecule has 2 aliphatic rings. The number of hydrogen-bond acceptors (Lipinski definition) is 3. The first kappa shape index (κ1) is 15.1. The fourth-order valence-corrected chi connectivity index (χ4v) is 3.53. The molecule has 2 fully saturated rings. The number of hydrogen-bond donors (Lipinski definition) is 1. The summed E-state index contributed by atoms with van der Waals surface area (Å²) in [5.74, 6) is 0.510. The van der Waals surface area contributed by atoms with E-state index in [0.29, 0.717) is 24.8 Å². The zero-order chi connectivity index (χ0) is 15.7. The van der Waals surface area contributed by atoms with Crippen LogP contribution in [0.15, 0.2) is 12.3 Å². The predicted octanol–water partition coefficient (Wildman–Crippen LogP) is 2.19. The van der Waals surface area contributed by atoms with E-state index >= 15 is 0 Å². The van der Waals surface area contributed by atoms with E-state index in [1.165, 1.54) is 12.8 Å². The third-order valence-electron chi connectivity index (χ3n) is 4.71. The van der Waals surface area contributed by atoms with Gasteiger partial charge in [0.15, 0.2) is 0 Å². The van der Waals surface area contributed by atoms with E-state index < -0.39 is 0 Å². The van der Waals surface area contributed by atoms with Crippen molar-refractivity contribution >= 4 is 17.6 Å². The van der Waals surface area contributed by atoms with Crippen molar-refractivity contribution in [1.82, 2.24) is 14.7 Å². The molecule has 3 rings (SSSR count). The molecule has 6 heteroatoms. The maximum atomic E-state index is 12.5. The van der Waals surface area contributed by atoms with Crippen molar-refractivity contribution in [3.8, 4) is 0 Å². The Kier molecular flexibility index (Phi) is 4.18. The third-order valence-corrected chi connectivity index (χ3v) is 4.71. The minimum absolute atomic E-state index is 0.0729. The van der Waals surface area contributed by atoms with Crippen molar-refractivity contribution in [2.75, 3.05) is 11.9 Å². The number of carbonyl (C=O) groups excluding carboxylic acids is 2. The zero-order valence-electron chi connectivity index (χ0n) is 13.3. The molecule has 0 aromatic carbocycles. The highest BCUT2D eigenvalue weighted by Gasteiger charge is 2.38. The molecule has 1 saturated heterocycles. The minimum atomic E-state index is -0.247. The Balaban J connectivity index is 1.63. The largest absolute Gasteiger partial charge is 0.339 e. The molecule has 1 aromatic rings. The summed E-state index contributed by atoms with van der Waals surface area (Å²) in [5.41, 5.74) is 0. The lowest BCUT2D eigenvalue weighted by Crippen LogP contribution is -2.35. The van der Waals surface area contributed by atoms with Gasteiger partial charge in [0.2, 0.25) is 11.8 Å². The topological polar surface area (TPSA) is 67.2 Å². The van der Waals surface area contributed by atoms with Crippen molar-refractivity contribution in [2.45, 2.75) is 58.0 Å². The van der Waals surface area contributed by atoms with Crippen molar-refractivity contribution in [3.63, 3.8) is 0 Å². The molecule has 0 spiro atoms. The molecule has 1 aliphatic heterocycles. The fraction of sp³-hybridized carbons (Fsp3) is 0.688. The Bertz CT molecular complexity index is 560. The first-order valence-electron chi connectivity index (χ1n) is 8.20. The molecule has 2 heterocycles. The van der Waals surface area contributed by atoms with Gasteiger partial charge in [-0.05, 0) is 26.7 Å². The van der Waals surface area contributed by atoms with Crippen LogP contribution in [0.25, 0.3) is 0 Å². The van der Waals surface area contributed by atoms with Gasteiger partial charge in [-0.15, -0.1) is 0 Å². The molecule has 0 unspecified atom stereocenters. The van der Waals surface area contributed by atoms with Crippen LogP contribution in [0, 0.1) is 5.92 Å². The molecule has 120 valence electrons. The number of likely N-dealkylation sites (tertiary alicyclic amines) is 1. The van der Waals surface area contributed by atoms with Gasteiger partial charge in [-0.1, -0.05) is 12.8 Å². The third kappa shape index (κ3) is 2.87. The van der Waals surface area contributed by atoms with Gasteiger partial charge >= 0.3 is 0 Å². The molecule has 1 saturated carbocycles. The van der Waals surface area contributed by atoms with E-state index in [1.54, 1.807) is 16.9 Å². The number of rotatable bonds is 4. The smallest absolute Gasteiger partial charge is 0.230 e. The summed E-state index contributed by atoms with van der Waals surface area (Å²) < 4.78 is 1.78. The fourth-order valence-electron chi connectivity index (χ4n) is 3.53. The van der Waals surface area contributed by atoms with Gasteiger partial charge in [0.25, 0.3) is 0 Å². The van der Waals surface area contributed by atoms with Crippen molar-refractivity contribution in [3.05, 3.63) is 12.3 Å². The molecule has 1 aliphatic carbocycles. The van der Waals surface area contributed by atoms with Gasteiger partial charge in [0.05, 0.1) is 12.1 Å². The van der Waals surface area contributed by atoms with Crippen LogP contribution in [0.3, 0.4) is 0 Å². The Morgan fingerprint density at radius 1 is 1.36 bits per heavy atom. The Hall–Kier alpha value is -1.85. The second-order valence-corrected chi connectivity index (χ2v) is 6.63. The summed E-state index contributed by atoms with van der Waals surface area (Å²) in [7, 11) is 0. The first-order chi connectivity index (χ1) is 10.6. The van der Waals surface area contributed by atoms with Gasteiger partial charge in [-0.3, -0.25) is 9.59 Å². The Morgan fingerprint density at radius 3 is 2.77 bits per heavy atom. The molecule has 0 radical (unpaired) electrons. The van der Waals surface area contributed by atoms with Crippen molar-refractivity contribution in [2.24, 2.45) is 5.92 Å². The van der Waals surface area contributed by atoms with Gasteiger partial charge in [0, 0.05) is 31.1 Å². The highest BCUT2D eigenvalue weighted by atomic mass is 16.2. The van der Waals surface area contributed by atoms with Crippen LogP contribution in [0.1, 0.15) is 52.0 Å².